The third-order valence-electron chi connectivity index (χ3n) is 2.33. The molecule has 4 heteroatoms. The van der Waals surface area contributed by atoms with Gasteiger partial charge in [-0.05, 0) is 12.8 Å². The summed E-state index contributed by atoms with van der Waals surface area (Å²) in [6.07, 6.45) is 3.75. The maximum atomic E-state index is 10.9. The Balaban J connectivity index is 2.21. The lowest BCUT2D eigenvalue weighted by Crippen LogP contribution is -2.37. The minimum Gasteiger partial charge on any atom is -0.461 e. The van der Waals surface area contributed by atoms with E-state index in [9.17, 15) is 4.79 Å². The number of carbonyl (C=O) groups is 1. The lowest BCUT2D eigenvalue weighted by atomic mass is 10.1. The van der Waals surface area contributed by atoms with Gasteiger partial charge in [0.25, 0.3) is 0 Å². The first-order valence-corrected chi connectivity index (χ1v) is 5.38. The quantitative estimate of drug-likeness (QED) is 0.405. The van der Waals surface area contributed by atoms with Crippen molar-refractivity contribution in [2.75, 3.05) is 25.5 Å². The predicted molar refractivity (Wildman–Crippen MR) is 56.5 cm³/mol. The molecule has 1 rings (SSSR count). The van der Waals surface area contributed by atoms with E-state index in [0.29, 0.717) is 0 Å². The molecule has 0 unspecified atom stereocenters. The molecule has 3 nitrogen and oxygen atoms in total. The van der Waals surface area contributed by atoms with Gasteiger partial charge in [0.05, 0.1) is 0 Å². The Kier molecular flexibility index (Phi) is 4.98. The summed E-state index contributed by atoms with van der Waals surface area (Å²) >= 11 is 5.35. The largest absolute Gasteiger partial charge is 0.461 e. The predicted octanol–water partition coefficient (Wildman–Crippen LogP) is 1.42. The van der Waals surface area contributed by atoms with Crippen LogP contribution in [0.3, 0.4) is 0 Å². The summed E-state index contributed by atoms with van der Waals surface area (Å²) in [6, 6.07) is 0. The highest BCUT2D eigenvalue weighted by Crippen LogP contribution is 2.13. The first kappa shape index (κ1) is 11.5. The van der Waals surface area contributed by atoms with Gasteiger partial charge >= 0.3 is 5.97 Å². The van der Waals surface area contributed by atoms with Crippen molar-refractivity contribution in [3.8, 4) is 0 Å². The van der Waals surface area contributed by atoms with Gasteiger partial charge in [-0.25, -0.2) is 0 Å². The van der Waals surface area contributed by atoms with Gasteiger partial charge < -0.3 is 4.74 Å². The lowest BCUT2D eigenvalue weighted by Gasteiger charge is -2.30. The van der Waals surface area contributed by atoms with E-state index in [1.54, 1.807) is 0 Å². The molecule has 1 aliphatic heterocycles. The number of hydrogen-bond acceptors (Lipinski definition) is 3. The summed E-state index contributed by atoms with van der Waals surface area (Å²) in [4.78, 5) is 13.2. The number of likely N-dealkylation sites (tertiary alicyclic amines) is 1. The van der Waals surface area contributed by atoms with E-state index in [1.807, 2.05) is 6.08 Å². The third kappa shape index (κ3) is 3.68. The standard InChI is InChI=1S/C10H16ClNO2/c1-2-5-12-6-3-9(4-7-12)14-10(13)8-11/h2,9H,1,3-8H2. The monoisotopic (exact) mass is 217 g/mol. The van der Waals surface area contributed by atoms with E-state index in [-0.39, 0.29) is 18.0 Å². The molecule has 0 radical (unpaired) electrons. The van der Waals surface area contributed by atoms with Crippen molar-refractivity contribution < 1.29 is 9.53 Å². The Labute approximate surface area is 89.7 Å². The highest BCUT2D eigenvalue weighted by Gasteiger charge is 2.20. The Hall–Kier alpha value is -0.540. The lowest BCUT2D eigenvalue weighted by molar-refractivity contribution is -0.147. The molecule has 14 heavy (non-hydrogen) atoms. The maximum Gasteiger partial charge on any atom is 0.321 e. The molecule has 0 saturated carbocycles. The van der Waals surface area contributed by atoms with Gasteiger partial charge in [0.1, 0.15) is 12.0 Å². The van der Waals surface area contributed by atoms with Crippen molar-refractivity contribution >= 4 is 17.6 Å². The molecule has 0 aromatic rings. The molecule has 0 aliphatic carbocycles. The molecule has 1 heterocycles. The molecule has 0 aromatic carbocycles. The normalized spacial score (nSPS) is 19.2. The average molecular weight is 218 g/mol. The van der Waals surface area contributed by atoms with Crippen molar-refractivity contribution in [2.24, 2.45) is 0 Å². The molecule has 1 fully saturated rings. The molecular formula is C10H16ClNO2. The number of rotatable bonds is 4. The number of nitrogens with zero attached hydrogens (tertiary/aromatic N) is 1. The second kappa shape index (κ2) is 6.04. The smallest absolute Gasteiger partial charge is 0.321 e. The highest BCUT2D eigenvalue weighted by atomic mass is 35.5. The van der Waals surface area contributed by atoms with E-state index in [4.69, 9.17) is 16.3 Å². The Morgan fingerprint density at radius 3 is 2.71 bits per heavy atom. The van der Waals surface area contributed by atoms with Gasteiger partial charge in [-0.2, -0.15) is 0 Å². The van der Waals surface area contributed by atoms with Crippen molar-refractivity contribution in [3.05, 3.63) is 12.7 Å². The van der Waals surface area contributed by atoms with Gasteiger partial charge in [0.2, 0.25) is 0 Å². The summed E-state index contributed by atoms with van der Waals surface area (Å²) in [7, 11) is 0. The van der Waals surface area contributed by atoms with Gasteiger partial charge in [-0.3, -0.25) is 9.69 Å². The summed E-state index contributed by atoms with van der Waals surface area (Å²) in [5.41, 5.74) is 0. The summed E-state index contributed by atoms with van der Waals surface area (Å²) in [5, 5.41) is 0. The number of carbonyl (C=O) groups excluding carboxylic acids is 1. The van der Waals surface area contributed by atoms with E-state index >= 15 is 0 Å². The topological polar surface area (TPSA) is 29.5 Å². The molecule has 1 saturated heterocycles. The molecule has 0 amide bonds. The molecule has 0 atom stereocenters. The first-order valence-electron chi connectivity index (χ1n) is 4.85. The van der Waals surface area contributed by atoms with Crippen molar-refractivity contribution in [3.63, 3.8) is 0 Å². The Morgan fingerprint density at radius 2 is 2.21 bits per heavy atom. The van der Waals surface area contributed by atoms with Crippen molar-refractivity contribution in [2.45, 2.75) is 18.9 Å². The number of ether oxygens (including phenoxy) is 1. The van der Waals surface area contributed by atoms with Gasteiger partial charge in [0, 0.05) is 19.6 Å². The maximum absolute atomic E-state index is 10.9. The zero-order valence-corrected chi connectivity index (χ0v) is 9.00. The fraction of sp³-hybridized carbons (Fsp3) is 0.700. The number of hydrogen-bond donors (Lipinski definition) is 0. The molecule has 0 N–H and O–H groups in total. The van der Waals surface area contributed by atoms with Crippen LogP contribution < -0.4 is 0 Å². The zero-order valence-electron chi connectivity index (χ0n) is 8.25. The summed E-state index contributed by atoms with van der Waals surface area (Å²) in [5.74, 6) is -0.360. The SMILES string of the molecule is C=CCN1CCC(OC(=O)CCl)CC1. The molecular weight excluding hydrogens is 202 g/mol. The molecule has 0 spiro atoms. The minimum atomic E-state index is -0.311. The summed E-state index contributed by atoms with van der Waals surface area (Å²) in [6.45, 7) is 6.53. The van der Waals surface area contributed by atoms with Crippen LogP contribution in [0.5, 0.6) is 0 Å². The first-order chi connectivity index (χ1) is 6.76. The number of esters is 1. The molecule has 0 aromatic heterocycles. The van der Waals surface area contributed by atoms with E-state index in [0.717, 1.165) is 32.5 Å². The second-order valence-corrected chi connectivity index (χ2v) is 3.68. The van der Waals surface area contributed by atoms with Gasteiger partial charge in [-0.15, -0.1) is 18.2 Å². The fourth-order valence-electron chi connectivity index (χ4n) is 1.61. The van der Waals surface area contributed by atoms with Crippen LogP contribution in [0.1, 0.15) is 12.8 Å². The van der Waals surface area contributed by atoms with E-state index in [1.165, 1.54) is 0 Å². The molecule has 80 valence electrons. The minimum absolute atomic E-state index is 0.0487. The highest BCUT2D eigenvalue weighted by molar-refractivity contribution is 6.26. The van der Waals surface area contributed by atoms with Crippen LogP contribution >= 0.6 is 11.6 Å². The van der Waals surface area contributed by atoms with E-state index in [2.05, 4.69) is 11.5 Å². The van der Waals surface area contributed by atoms with Crippen LogP contribution in [-0.2, 0) is 9.53 Å². The van der Waals surface area contributed by atoms with Crippen LogP contribution in [-0.4, -0.2) is 42.5 Å². The van der Waals surface area contributed by atoms with Gasteiger partial charge in [0.15, 0.2) is 0 Å². The van der Waals surface area contributed by atoms with Crippen LogP contribution in [0.25, 0.3) is 0 Å². The third-order valence-corrected chi connectivity index (χ3v) is 2.55. The molecule has 0 bridgehead atoms. The summed E-state index contributed by atoms with van der Waals surface area (Å²) < 4.78 is 5.14. The molecule has 1 aliphatic rings. The van der Waals surface area contributed by atoms with Crippen LogP contribution in [0, 0.1) is 0 Å². The second-order valence-electron chi connectivity index (χ2n) is 3.41. The average Bonchev–Trinajstić information content (AvgIpc) is 2.21. The number of alkyl halides is 1. The number of halogens is 1. The Bertz CT molecular complexity index is 200. The van der Waals surface area contributed by atoms with Crippen LogP contribution in [0.4, 0.5) is 0 Å². The number of piperidine rings is 1. The van der Waals surface area contributed by atoms with Crippen LogP contribution in [0.2, 0.25) is 0 Å². The fourth-order valence-corrected chi connectivity index (χ4v) is 1.67. The zero-order chi connectivity index (χ0) is 10.4. The van der Waals surface area contributed by atoms with Gasteiger partial charge in [-0.1, -0.05) is 6.08 Å². The Morgan fingerprint density at radius 1 is 1.57 bits per heavy atom. The van der Waals surface area contributed by atoms with E-state index < -0.39 is 0 Å². The van der Waals surface area contributed by atoms with Crippen LogP contribution in [0.15, 0.2) is 12.7 Å². The van der Waals surface area contributed by atoms with Crippen molar-refractivity contribution in [1.29, 1.82) is 0 Å². The van der Waals surface area contributed by atoms with Crippen molar-refractivity contribution in [1.82, 2.24) is 4.90 Å².